The van der Waals surface area contributed by atoms with E-state index >= 15 is 0 Å². The van der Waals surface area contributed by atoms with Crippen molar-refractivity contribution < 1.29 is 34.2 Å². The third kappa shape index (κ3) is 12.2. The minimum Gasteiger partial charge on any atom is -0.481 e. The van der Waals surface area contributed by atoms with Crippen LogP contribution in [0.3, 0.4) is 0 Å². The Hall–Kier alpha value is -1.99. The van der Waals surface area contributed by atoms with Gasteiger partial charge < -0.3 is 31.9 Å². The van der Waals surface area contributed by atoms with Crippen molar-refractivity contribution in [3.63, 3.8) is 0 Å². The van der Waals surface area contributed by atoms with Crippen LogP contribution in [0, 0.1) is 5.92 Å². The maximum Gasteiger partial charge on any atom is 0.326 e. The zero-order valence-corrected chi connectivity index (χ0v) is 20.2. The number of carboxylic acid groups (broad SMARTS) is 2. The topological polar surface area (TPSA) is 188 Å². The van der Waals surface area contributed by atoms with E-state index < -0.39 is 60.2 Å². The molecule has 4 unspecified atom stereocenters. The van der Waals surface area contributed by atoms with Gasteiger partial charge in [0, 0.05) is 12.2 Å². The predicted octanol–water partition coefficient (Wildman–Crippen LogP) is -0.553. The summed E-state index contributed by atoms with van der Waals surface area (Å²) in [5.41, 5.74) is 5.64. The van der Waals surface area contributed by atoms with Crippen LogP contribution >= 0.6 is 24.4 Å². The van der Waals surface area contributed by atoms with Gasteiger partial charge in [0.15, 0.2) is 0 Å². The van der Waals surface area contributed by atoms with Crippen molar-refractivity contribution in [2.45, 2.75) is 63.7 Å². The van der Waals surface area contributed by atoms with Crippen molar-refractivity contribution in [2.75, 3.05) is 17.8 Å². The molecule has 0 aliphatic heterocycles. The van der Waals surface area contributed by atoms with Crippen molar-refractivity contribution in [1.82, 2.24) is 16.0 Å². The fourth-order valence-electron chi connectivity index (χ4n) is 2.64. The monoisotopic (exact) mass is 494 g/mol. The number of amides is 3. The van der Waals surface area contributed by atoms with E-state index in [0.29, 0.717) is 5.75 Å². The average molecular weight is 495 g/mol. The van der Waals surface area contributed by atoms with Gasteiger partial charge in [0.25, 0.3) is 0 Å². The van der Waals surface area contributed by atoms with Gasteiger partial charge in [-0.2, -0.15) is 24.4 Å². The molecule has 0 bridgehead atoms. The van der Waals surface area contributed by atoms with Crippen LogP contribution in [0.5, 0.6) is 0 Å². The Morgan fingerprint density at radius 3 is 1.91 bits per heavy atom. The minimum atomic E-state index is -1.29. The SMILES string of the molecule is CSCCC(NC(=O)C(CCC(=O)O)NC(=O)C(CC(C)C)NC(=O)C(N)CS)C(=O)O. The van der Waals surface area contributed by atoms with Crippen molar-refractivity contribution in [1.29, 1.82) is 0 Å². The molecule has 0 heterocycles. The Kier molecular flexibility index (Phi) is 14.8. The van der Waals surface area contributed by atoms with Gasteiger partial charge in [0.1, 0.15) is 18.1 Å². The smallest absolute Gasteiger partial charge is 0.326 e. The van der Waals surface area contributed by atoms with Gasteiger partial charge in [-0.25, -0.2) is 4.79 Å². The van der Waals surface area contributed by atoms with Crippen LogP contribution in [0.2, 0.25) is 0 Å². The fraction of sp³-hybridized carbons (Fsp3) is 0.737. The summed E-state index contributed by atoms with van der Waals surface area (Å²) in [6.07, 6.45) is 1.53. The summed E-state index contributed by atoms with van der Waals surface area (Å²) in [7, 11) is 0. The number of nitrogens with two attached hydrogens (primary N) is 1. The number of carbonyl (C=O) groups excluding carboxylic acids is 3. The second kappa shape index (κ2) is 15.8. The number of aliphatic carboxylic acids is 2. The van der Waals surface area contributed by atoms with Crippen molar-refractivity contribution >= 4 is 54.1 Å². The van der Waals surface area contributed by atoms with Gasteiger partial charge in [0.05, 0.1) is 6.04 Å². The first-order valence-corrected chi connectivity index (χ1v) is 12.2. The Bertz CT molecular complexity index is 664. The normalized spacial score (nSPS) is 14.7. The van der Waals surface area contributed by atoms with E-state index in [-0.39, 0.29) is 30.9 Å². The standard InChI is InChI=1S/C19H34N4O7S2/c1-10(2)8-14(23-16(26)11(20)9-31)18(28)21-12(4-5-15(24)25)17(27)22-13(19(29)30)6-7-32-3/h10-14,31H,4-9,20H2,1-3H3,(H,21,28)(H,22,27)(H,23,26)(H,24,25)(H,29,30). The first-order valence-electron chi connectivity index (χ1n) is 10.1. The lowest BCUT2D eigenvalue weighted by Gasteiger charge is -2.25. The number of thiol groups is 1. The zero-order chi connectivity index (χ0) is 24.8. The highest BCUT2D eigenvalue weighted by Gasteiger charge is 2.30. The summed E-state index contributed by atoms with van der Waals surface area (Å²) in [6.45, 7) is 3.67. The van der Waals surface area contributed by atoms with Crippen molar-refractivity contribution in [2.24, 2.45) is 11.7 Å². The van der Waals surface area contributed by atoms with Gasteiger partial charge in [-0.1, -0.05) is 13.8 Å². The van der Waals surface area contributed by atoms with Crippen LogP contribution in [-0.4, -0.2) is 81.8 Å². The molecule has 0 aliphatic carbocycles. The molecule has 3 amide bonds. The lowest BCUT2D eigenvalue weighted by atomic mass is 10.0. The molecule has 0 rings (SSSR count). The van der Waals surface area contributed by atoms with E-state index in [1.807, 2.05) is 13.8 Å². The summed E-state index contributed by atoms with van der Waals surface area (Å²) < 4.78 is 0. The largest absolute Gasteiger partial charge is 0.481 e. The van der Waals surface area contributed by atoms with Gasteiger partial charge in [-0.15, -0.1) is 0 Å². The number of hydrogen-bond donors (Lipinski definition) is 7. The van der Waals surface area contributed by atoms with Crippen LogP contribution in [0.15, 0.2) is 0 Å². The summed E-state index contributed by atoms with van der Waals surface area (Å²) in [5.74, 6) is -3.95. The maximum atomic E-state index is 12.8. The number of carboxylic acids is 2. The predicted molar refractivity (Wildman–Crippen MR) is 125 cm³/mol. The van der Waals surface area contributed by atoms with Crippen LogP contribution in [0.25, 0.3) is 0 Å². The lowest BCUT2D eigenvalue weighted by Crippen LogP contribution is -2.57. The number of thioether (sulfide) groups is 1. The number of nitrogens with one attached hydrogen (secondary N) is 3. The molecule has 0 saturated heterocycles. The van der Waals surface area contributed by atoms with E-state index in [0.717, 1.165) is 0 Å². The first-order chi connectivity index (χ1) is 14.9. The van der Waals surface area contributed by atoms with Gasteiger partial charge in [-0.3, -0.25) is 19.2 Å². The van der Waals surface area contributed by atoms with Crippen LogP contribution in [0.1, 0.15) is 39.5 Å². The van der Waals surface area contributed by atoms with E-state index in [4.69, 9.17) is 10.8 Å². The minimum absolute atomic E-state index is 0.00695. The molecule has 0 aromatic rings. The Labute approximate surface area is 197 Å². The van der Waals surface area contributed by atoms with E-state index in [2.05, 4.69) is 28.6 Å². The van der Waals surface area contributed by atoms with E-state index in [1.54, 1.807) is 6.26 Å². The van der Waals surface area contributed by atoms with Crippen molar-refractivity contribution in [3.8, 4) is 0 Å². The summed E-state index contributed by atoms with van der Waals surface area (Å²) >= 11 is 5.37. The second-order valence-electron chi connectivity index (χ2n) is 7.65. The first kappa shape index (κ1) is 30.0. The Morgan fingerprint density at radius 2 is 1.44 bits per heavy atom. The summed E-state index contributed by atoms with van der Waals surface area (Å²) in [4.78, 5) is 60.1. The van der Waals surface area contributed by atoms with E-state index in [9.17, 15) is 29.1 Å². The Morgan fingerprint density at radius 1 is 0.906 bits per heavy atom. The van der Waals surface area contributed by atoms with Gasteiger partial charge >= 0.3 is 11.9 Å². The molecule has 184 valence electrons. The molecule has 11 nitrogen and oxygen atoms in total. The molecule has 32 heavy (non-hydrogen) atoms. The molecule has 0 saturated carbocycles. The highest BCUT2D eigenvalue weighted by molar-refractivity contribution is 7.98. The van der Waals surface area contributed by atoms with Gasteiger partial charge in [-0.05, 0) is 37.2 Å². The third-order valence-corrected chi connectivity index (χ3v) is 5.42. The number of rotatable bonds is 16. The van der Waals surface area contributed by atoms with Crippen LogP contribution < -0.4 is 21.7 Å². The molecule has 13 heteroatoms. The third-order valence-electron chi connectivity index (χ3n) is 4.38. The highest BCUT2D eigenvalue weighted by Crippen LogP contribution is 2.08. The molecule has 0 aliphatic rings. The van der Waals surface area contributed by atoms with Crippen LogP contribution in [-0.2, 0) is 24.0 Å². The second-order valence-corrected chi connectivity index (χ2v) is 9.01. The Balaban J connectivity index is 5.49. The van der Waals surface area contributed by atoms with Gasteiger partial charge in [0.2, 0.25) is 17.7 Å². The van der Waals surface area contributed by atoms with E-state index in [1.165, 1.54) is 11.8 Å². The number of hydrogen-bond acceptors (Lipinski definition) is 8. The molecule has 0 aromatic carbocycles. The molecule has 0 radical (unpaired) electrons. The van der Waals surface area contributed by atoms with Crippen LogP contribution in [0.4, 0.5) is 0 Å². The lowest BCUT2D eigenvalue weighted by molar-refractivity contribution is -0.143. The quantitative estimate of drug-likeness (QED) is 0.138. The molecule has 7 N–H and O–H groups in total. The summed E-state index contributed by atoms with van der Waals surface area (Å²) in [5, 5.41) is 25.6. The molecule has 0 fully saturated rings. The zero-order valence-electron chi connectivity index (χ0n) is 18.5. The maximum absolute atomic E-state index is 12.8. The molecular formula is C19H34N4O7S2. The molecular weight excluding hydrogens is 460 g/mol. The number of carbonyl (C=O) groups is 5. The molecule has 0 spiro atoms. The summed E-state index contributed by atoms with van der Waals surface area (Å²) in [6, 6.07) is -4.42. The molecule has 0 aromatic heterocycles. The fourth-order valence-corrected chi connectivity index (χ4v) is 3.28. The average Bonchev–Trinajstić information content (AvgIpc) is 2.71. The highest BCUT2D eigenvalue weighted by atomic mass is 32.2. The van der Waals surface area contributed by atoms with Crippen molar-refractivity contribution in [3.05, 3.63) is 0 Å². The molecule has 4 atom stereocenters.